The van der Waals surface area contributed by atoms with Crippen LogP contribution < -0.4 is 10.1 Å². The van der Waals surface area contributed by atoms with Gasteiger partial charge in [-0.05, 0) is 30.7 Å². The highest BCUT2D eigenvalue weighted by Gasteiger charge is 2.10. The molecule has 4 heteroatoms. The lowest BCUT2D eigenvalue weighted by molar-refractivity contribution is 0.414. The van der Waals surface area contributed by atoms with Gasteiger partial charge in [-0.3, -0.25) is 0 Å². The second-order valence-corrected chi connectivity index (χ2v) is 4.77. The Kier molecular flexibility index (Phi) is 4.91. The van der Waals surface area contributed by atoms with Gasteiger partial charge in [0.15, 0.2) is 0 Å². The van der Waals surface area contributed by atoms with Gasteiger partial charge in [-0.2, -0.15) is 5.26 Å². The van der Waals surface area contributed by atoms with Crippen LogP contribution in [0.15, 0.2) is 42.5 Å². The van der Waals surface area contributed by atoms with Crippen LogP contribution in [0.1, 0.15) is 29.7 Å². The van der Waals surface area contributed by atoms with Crippen molar-refractivity contribution in [3.63, 3.8) is 0 Å². The van der Waals surface area contributed by atoms with E-state index >= 15 is 0 Å². The summed E-state index contributed by atoms with van der Waals surface area (Å²) in [7, 11) is 1.63. The maximum Gasteiger partial charge on any atom is 0.145 e. The molecule has 1 N–H and O–H groups in total. The lowest BCUT2D eigenvalue weighted by atomic mass is 10.1. The average Bonchev–Trinajstić information content (AvgIpc) is 2.53. The minimum Gasteiger partial charge on any atom is -0.497 e. The van der Waals surface area contributed by atoms with Gasteiger partial charge in [0.25, 0.3) is 0 Å². The molecule has 0 fully saturated rings. The maximum atomic E-state index is 13.9. The van der Waals surface area contributed by atoms with E-state index in [-0.39, 0.29) is 11.6 Å². The number of halogens is 1. The van der Waals surface area contributed by atoms with E-state index in [0.717, 1.165) is 11.3 Å². The van der Waals surface area contributed by atoms with E-state index in [2.05, 4.69) is 5.32 Å². The SMILES string of the molecule is COc1ccc([C@@H](C)NCc2cccc(C#N)c2F)cc1. The highest BCUT2D eigenvalue weighted by Crippen LogP contribution is 2.18. The van der Waals surface area contributed by atoms with Crippen molar-refractivity contribution in [2.75, 3.05) is 7.11 Å². The highest BCUT2D eigenvalue weighted by molar-refractivity contribution is 5.35. The summed E-state index contributed by atoms with van der Waals surface area (Å²) in [5.74, 6) is 0.355. The van der Waals surface area contributed by atoms with Crippen molar-refractivity contribution in [3.05, 3.63) is 65.0 Å². The van der Waals surface area contributed by atoms with E-state index in [1.807, 2.05) is 37.3 Å². The molecule has 0 aliphatic rings. The Morgan fingerprint density at radius 3 is 2.57 bits per heavy atom. The number of nitrogens with zero attached hydrogens (tertiary/aromatic N) is 1. The first-order chi connectivity index (χ1) is 10.2. The van der Waals surface area contributed by atoms with E-state index in [0.29, 0.717) is 12.1 Å². The Bertz CT molecular complexity index is 647. The average molecular weight is 284 g/mol. The predicted molar refractivity (Wildman–Crippen MR) is 79.4 cm³/mol. The monoisotopic (exact) mass is 284 g/mol. The topological polar surface area (TPSA) is 45.0 Å². The van der Waals surface area contributed by atoms with E-state index in [9.17, 15) is 4.39 Å². The first kappa shape index (κ1) is 15.0. The largest absolute Gasteiger partial charge is 0.497 e. The van der Waals surface area contributed by atoms with E-state index in [4.69, 9.17) is 10.00 Å². The van der Waals surface area contributed by atoms with Gasteiger partial charge in [-0.25, -0.2) is 4.39 Å². The molecular formula is C17H17FN2O. The first-order valence-corrected chi connectivity index (χ1v) is 6.70. The molecule has 0 heterocycles. The second kappa shape index (κ2) is 6.87. The standard InChI is InChI=1S/C17H17FN2O/c1-12(13-6-8-16(21-2)9-7-13)20-11-15-5-3-4-14(10-19)17(15)18/h3-9,12,20H,11H2,1-2H3/t12-/m1/s1. The van der Waals surface area contributed by atoms with Crippen LogP contribution in [0.5, 0.6) is 5.75 Å². The molecular weight excluding hydrogens is 267 g/mol. The van der Waals surface area contributed by atoms with Gasteiger partial charge < -0.3 is 10.1 Å². The Hall–Kier alpha value is -2.38. The quantitative estimate of drug-likeness (QED) is 0.913. The van der Waals surface area contributed by atoms with Crippen LogP contribution in [0.4, 0.5) is 4.39 Å². The Labute approximate surface area is 124 Å². The highest BCUT2D eigenvalue weighted by atomic mass is 19.1. The Balaban J connectivity index is 2.04. The van der Waals surface area contributed by atoms with Gasteiger partial charge in [0.1, 0.15) is 17.6 Å². The van der Waals surface area contributed by atoms with Gasteiger partial charge in [0, 0.05) is 18.2 Å². The van der Waals surface area contributed by atoms with Crippen LogP contribution in [0.3, 0.4) is 0 Å². The molecule has 0 aliphatic heterocycles. The zero-order chi connectivity index (χ0) is 15.2. The molecule has 0 bridgehead atoms. The number of hydrogen-bond donors (Lipinski definition) is 1. The second-order valence-electron chi connectivity index (χ2n) is 4.77. The predicted octanol–water partition coefficient (Wildman–Crippen LogP) is 3.56. The summed E-state index contributed by atoms with van der Waals surface area (Å²) in [4.78, 5) is 0. The van der Waals surface area contributed by atoms with Crippen LogP contribution in [-0.4, -0.2) is 7.11 Å². The first-order valence-electron chi connectivity index (χ1n) is 6.70. The molecule has 0 spiro atoms. The minimum absolute atomic E-state index is 0.0704. The summed E-state index contributed by atoms with van der Waals surface area (Å²) >= 11 is 0. The van der Waals surface area contributed by atoms with Crippen LogP contribution in [-0.2, 0) is 6.54 Å². The number of benzene rings is 2. The number of nitriles is 1. The molecule has 0 saturated carbocycles. The lowest BCUT2D eigenvalue weighted by Gasteiger charge is -2.15. The number of ether oxygens (including phenoxy) is 1. The summed E-state index contributed by atoms with van der Waals surface area (Å²) in [6.07, 6.45) is 0. The molecule has 0 unspecified atom stereocenters. The molecule has 2 aromatic carbocycles. The van der Waals surface area contributed by atoms with Crippen LogP contribution >= 0.6 is 0 Å². The Morgan fingerprint density at radius 2 is 1.95 bits per heavy atom. The van der Waals surface area contributed by atoms with Crippen molar-refractivity contribution in [2.24, 2.45) is 0 Å². The molecule has 21 heavy (non-hydrogen) atoms. The van der Waals surface area contributed by atoms with Gasteiger partial charge >= 0.3 is 0 Å². The van der Waals surface area contributed by atoms with Crippen LogP contribution in [0.25, 0.3) is 0 Å². The number of methoxy groups -OCH3 is 1. The van der Waals surface area contributed by atoms with Gasteiger partial charge in [0.05, 0.1) is 12.7 Å². The Morgan fingerprint density at radius 1 is 1.24 bits per heavy atom. The number of rotatable bonds is 5. The molecule has 2 rings (SSSR count). The summed E-state index contributed by atoms with van der Waals surface area (Å²) in [5, 5.41) is 12.1. The third-order valence-electron chi connectivity index (χ3n) is 3.41. The molecule has 1 atom stereocenters. The van der Waals surface area contributed by atoms with Gasteiger partial charge in [-0.15, -0.1) is 0 Å². The molecule has 0 amide bonds. The summed E-state index contributed by atoms with van der Waals surface area (Å²) < 4.78 is 19.1. The van der Waals surface area contributed by atoms with Gasteiger partial charge in [-0.1, -0.05) is 24.3 Å². The summed E-state index contributed by atoms with van der Waals surface area (Å²) in [5.41, 5.74) is 1.66. The molecule has 0 aliphatic carbocycles. The fraction of sp³-hybridized carbons (Fsp3) is 0.235. The normalized spacial score (nSPS) is 11.7. The van der Waals surface area contributed by atoms with E-state index in [1.165, 1.54) is 6.07 Å². The van der Waals surface area contributed by atoms with Crippen molar-refractivity contribution in [1.29, 1.82) is 5.26 Å². The summed E-state index contributed by atoms with van der Waals surface area (Å²) in [6, 6.07) is 14.5. The molecule has 0 saturated heterocycles. The molecule has 3 nitrogen and oxygen atoms in total. The fourth-order valence-corrected chi connectivity index (χ4v) is 2.08. The number of hydrogen-bond acceptors (Lipinski definition) is 3. The fourth-order valence-electron chi connectivity index (χ4n) is 2.08. The van der Waals surface area contributed by atoms with Crippen molar-refractivity contribution in [1.82, 2.24) is 5.32 Å². The lowest BCUT2D eigenvalue weighted by Crippen LogP contribution is -2.19. The smallest absolute Gasteiger partial charge is 0.145 e. The van der Waals surface area contributed by atoms with Crippen LogP contribution in [0, 0.1) is 17.1 Å². The third-order valence-corrected chi connectivity index (χ3v) is 3.41. The zero-order valence-electron chi connectivity index (χ0n) is 12.1. The van der Waals surface area contributed by atoms with Crippen LogP contribution in [0.2, 0.25) is 0 Å². The van der Waals surface area contributed by atoms with E-state index < -0.39 is 5.82 Å². The number of nitrogens with one attached hydrogen (secondary N) is 1. The minimum atomic E-state index is -0.450. The molecule has 108 valence electrons. The molecule has 2 aromatic rings. The van der Waals surface area contributed by atoms with Crippen molar-refractivity contribution in [2.45, 2.75) is 19.5 Å². The third kappa shape index (κ3) is 3.59. The van der Waals surface area contributed by atoms with E-state index in [1.54, 1.807) is 19.2 Å². The molecule has 0 radical (unpaired) electrons. The zero-order valence-corrected chi connectivity index (χ0v) is 12.1. The van der Waals surface area contributed by atoms with Crippen molar-refractivity contribution < 1.29 is 9.13 Å². The van der Waals surface area contributed by atoms with Gasteiger partial charge in [0.2, 0.25) is 0 Å². The van der Waals surface area contributed by atoms with Crippen molar-refractivity contribution in [3.8, 4) is 11.8 Å². The maximum absolute atomic E-state index is 13.9. The van der Waals surface area contributed by atoms with Crippen molar-refractivity contribution >= 4 is 0 Å². The molecule has 0 aromatic heterocycles. The summed E-state index contributed by atoms with van der Waals surface area (Å²) in [6.45, 7) is 2.38.